The minimum absolute atomic E-state index is 0.148. The van der Waals surface area contributed by atoms with Gasteiger partial charge in [0.25, 0.3) is 11.1 Å². The van der Waals surface area contributed by atoms with Crippen LogP contribution in [0, 0.1) is 10.8 Å². The van der Waals surface area contributed by atoms with Crippen LogP contribution in [0.5, 0.6) is 0 Å². The van der Waals surface area contributed by atoms with Crippen LogP contribution < -0.4 is 31.0 Å². The molecule has 0 aromatic carbocycles. The molecule has 0 aliphatic heterocycles. The molecule has 0 fully saturated rings. The van der Waals surface area contributed by atoms with Gasteiger partial charge in [-0.15, -0.1) is 0 Å². The van der Waals surface area contributed by atoms with Gasteiger partial charge in [0, 0.05) is 25.7 Å². The smallest absolute Gasteiger partial charge is 0.268 e. The van der Waals surface area contributed by atoms with E-state index >= 15 is 0 Å². The van der Waals surface area contributed by atoms with Crippen molar-refractivity contribution in [3.8, 4) is 0 Å². The zero-order valence-electron chi connectivity index (χ0n) is 16.8. The molecule has 0 unspecified atom stereocenters. The van der Waals surface area contributed by atoms with E-state index in [-0.39, 0.29) is 11.1 Å². The van der Waals surface area contributed by atoms with Gasteiger partial charge in [0.1, 0.15) is 13.1 Å². The molecule has 2 aromatic rings. The second-order valence-electron chi connectivity index (χ2n) is 7.12. The molecule has 2 aromatic heterocycles. The molecule has 152 valence electrons. The highest BCUT2D eigenvalue weighted by molar-refractivity contribution is 4.85. The Morgan fingerprint density at radius 2 is 1.11 bits per heavy atom. The van der Waals surface area contributed by atoms with Crippen LogP contribution in [0.3, 0.4) is 0 Å². The third-order valence-electron chi connectivity index (χ3n) is 4.88. The van der Waals surface area contributed by atoms with E-state index in [1.807, 2.05) is 9.36 Å². The molecule has 2 rings (SSSR count). The summed E-state index contributed by atoms with van der Waals surface area (Å²) in [6, 6.07) is 0. The zero-order chi connectivity index (χ0) is 19.5. The Balaban J connectivity index is 1.88. The van der Waals surface area contributed by atoms with E-state index in [2.05, 4.69) is 24.4 Å². The Morgan fingerprint density at radius 3 is 1.52 bits per heavy atom. The monoisotopic (exact) mass is 378 g/mol. The predicted molar refractivity (Wildman–Crippen MR) is 96.5 cm³/mol. The molecule has 0 bridgehead atoms. The average molecular weight is 379 g/mol. The maximum Gasteiger partial charge on any atom is 0.268 e. The molecule has 8 heteroatoms. The lowest BCUT2D eigenvalue weighted by Gasteiger charge is -2.03. The van der Waals surface area contributed by atoms with E-state index in [0.29, 0.717) is 12.8 Å². The van der Waals surface area contributed by atoms with Crippen LogP contribution in [-0.4, -0.2) is 0 Å². The topological polar surface area (TPSA) is 110 Å². The summed E-state index contributed by atoms with van der Waals surface area (Å²) in [4.78, 5) is 0. The first kappa shape index (κ1) is 21.2. The predicted octanol–water partition coefficient (Wildman–Crippen LogP) is 1.66. The average Bonchev–Trinajstić information content (AvgIpc) is 3.19. The van der Waals surface area contributed by atoms with Crippen molar-refractivity contribution in [2.24, 2.45) is 0 Å². The fourth-order valence-electron chi connectivity index (χ4n) is 3.26. The Morgan fingerprint density at radius 1 is 0.667 bits per heavy atom. The number of hydrogen-bond donors (Lipinski definition) is 2. The first-order valence-corrected chi connectivity index (χ1v) is 10.4. The summed E-state index contributed by atoms with van der Waals surface area (Å²) in [6.07, 6.45) is 11.5. The summed E-state index contributed by atoms with van der Waals surface area (Å²) in [7, 11) is 0. The van der Waals surface area contributed by atoms with Gasteiger partial charge in [-0.05, 0) is 19.3 Å². The SMILES string of the molecule is CCCCCC[n+]1[n-]oc(=N)c1CCCc1c(=N)o[n-][n+]1CCCCCC. The van der Waals surface area contributed by atoms with E-state index in [0.717, 1.165) is 43.7 Å². The molecule has 2 N–H and O–H groups in total. The van der Waals surface area contributed by atoms with Gasteiger partial charge in [-0.3, -0.25) is 21.4 Å². The minimum atomic E-state index is 0.148. The highest BCUT2D eigenvalue weighted by Gasteiger charge is 2.16. The van der Waals surface area contributed by atoms with Gasteiger partial charge in [0.15, 0.2) is 0 Å². The van der Waals surface area contributed by atoms with Crippen molar-refractivity contribution in [2.75, 3.05) is 0 Å². The molecular formula is C19H34N6O2. The minimum Gasteiger partial charge on any atom is -0.487 e. The van der Waals surface area contributed by atoms with E-state index < -0.39 is 0 Å². The Hall–Kier alpha value is -2.12. The van der Waals surface area contributed by atoms with Crippen LogP contribution in [0.15, 0.2) is 9.05 Å². The normalized spacial score (nSPS) is 11.3. The van der Waals surface area contributed by atoms with Crippen molar-refractivity contribution in [3.63, 3.8) is 0 Å². The lowest BCUT2D eigenvalue weighted by molar-refractivity contribution is -0.774. The van der Waals surface area contributed by atoms with Gasteiger partial charge in [-0.25, -0.2) is 9.36 Å². The molecule has 0 radical (unpaired) electrons. The molecule has 2 heterocycles. The number of nitrogens with zero attached hydrogens (tertiary/aromatic N) is 4. The van der Waals surface area contributed by atoms with Crippen molar-refractivity contribution in [2.45, 2.75) is 97.6 Å². The highest BCUT2D eigenvalue weighted by atomic mass is 16.5. The highest BCUT2D eigenvalue weighted by Crippen LogP contribution is 2.01. The van der Waals surface area contributed by atoms with Crippen molar-refractivity contribution in [3.05, 3.63) is 22.5 Å². The van der Waals surface area contributed by atoms with Gasteiger partial charge in [-0.2, -0.15) is 0 Å². The summed E-state index contributed by atoms with van der Waals surface area (Å²) >= 11 is 0. The third kappa shape index (κ3) is 6.52. The standard InChI is InChI=1S/C19H34N6O2/c1-3-5-7-9-14-24-16(18(20)26-22-24)12-11-13-17-19(21)27-23-25(17)15-10-8-6-4-2/h20-21H,3-15H2,1-2H3. The lowest BCUT2D eigenvalue weighted by atomic mass is 10.1. The second kappa shape index (κ2) is 11.6. The van der Waals surface area contributed by atoms with Crippen LogP contribution in [0.4, 0.5) is 0 Å². The van der Waals surface area contributed by atoms with Crippen molar-refractivity contribution >= 4 is 0 Å². The molecule has 0 atom stereocenters. The number of rotatable bonds is 14. The Kier molecular flexibility index (Phi) is 9.07. The van der Waals surface area contributed by atoms with Gasteiger partial charge < -0.3 is 9.05 Å². The maximum absolute atomic E-state index is 7.95. The molecule has 0 spiro atoms. The van der Waals surface area contributed by atoms with Crippen LogP contribution in [0.25, 0.3) is 0 Å². The van der Waals surface area contributed by atoms with Gasteiger partial charge in [0.05, 0.1) is 0 Å². The molecule has 8 nitrogen and oxygen atoms in total. The number of unbranched alkanes of at least 4 members (excludes halogenated alkanes) is 6. The summed E-state index contributed by atoms with van der Waals surface area (Å²) in [6.45, 7) is 5.98. The van der Waals surface area contributed by atoms with E-state index in [9.17, 15) is 0 Å². The van der Waals surface area contributed by atoms with Gasteiger partial charge >= 0.3 is 0 Å². The number of nitrogens with one attached hydrogen (secondary N) is 2. The third-order valence-corrected chi connectivity index (χ3v) is 4.88. The van der Waals surface area contributed by atoms with Crippen molar-refractivity contribution in [1.29, 1.82) is 10.8 Å². The van der Waals surface area contributed by atoms with Crippen LogP contribution in [0.2, 0.25) is 0 Å². The van der Waals surface area contributed by atoms with Gasteiger partial charge in [-0.1, -0.05) is 39.5 Å². The fourth-order valence-corrected chi connectivity index (χ4v) is 3.26. The maximum atomic E-state index is 7.95. The quantitative estimate of drug-likeness (QED) is 0.385. The number of hydrogen-bond acceptors (Lipinski definition) is 4. The number of aryl methyl sites for hydroxylation is 2. The fraction of sp³-hybridized carbons (Fsp3) is 0.789. The molecule has 0 aliphatic carbocycles. The van der Waals surface area contributed by atoms with Crippen LogP contribution >= 0.6 is 0 Å². The molecular weight excluding hydrogens is 344 g/mol. The lowest BCUT2D eigenvalue weighted by Crippen LogP contribution is -2.44. The Labute approximate surface area is 160 Å². The van der Waals surface area contributed by atoms with E-state index in [4.69, 9.17) is 19.9 Å². The Bertz CT molecular complexity index is 705. The molecule has 0 aliphatic rings. The van der Waals surface area contributed by atoms with Crippen molar-refractivity contribution < 1.29 is 18.4 Å². The van der Waals surface area contributed by atoms with E-state index in [1.54, 1.807) is 0 Å². The first-order valence-electron chi connectivity index (χ1n) is 10.4. The molecule has 0 saturated carbocycles. The number of aromatic nitrogens is 4. The summed E-state index contributed by atoms with van der Waals surface area (Å²) in [5.74, 6) is 0. The zero-order valence-corrected chi connectivity index (χ0v) is 16.8. The van der Waals surface area contributed by atoms with Gasteiger partial charge in [0.2, 0.25) is 11.4 Å². The molecule has 27 heavy (non-hydrogen) atoms. The summed E-state index contributed by atoms with van der Waals surface area (Å²) in [5.41, 5.74) is 1.97. The molecule has 0 saturated heterocycles. The van der Waals surface area contributed by atoms with Crippen LogP contribution in [0.1, 0.15) is 83.0 Å². The second-order valence-corrected chi connectivity index (χ2v) is 7.12. The summed E-state index contributed by atoms with van der Waals surface area (Å²) in [5, 5.41) is 23.9. The first-order chi connectivity index (χ1) is 13.2. The summed E-state index contributed by atoms with van der Waals surface area (Å²) < 4.78 is 13.8. The van der Waals surface area contributed by atoms with Crippen LogP contribution in [-0.2, 0) is 25.9 Å². The van der Waals surface area contributed by atoms with Crippen molar-refractivity contribution in [1.82, 2.24) is 10.5 Å². The largest absolute Gasteiger partial charge is 0.487 e. The molecule has 0 amide bonds. The van der Waals surface area contributed by atoms with E-state index in [1.165, 1.54) is 38.5 Å².